The van der Waals surface area contributed by atoms with Crippen molar-refractivity contribution in [2.75, 3.05) is 0 Å². The molecule has 1 nitrogen and oxygen atoms in total. The average molecular weight is 232 g/mol. The van der Waals surface area contributed by atoms with E-state index in [0.29, 0.717) is 0 Å². The largest absolute Gasteiger partial charge is 0.321 e. The Bertz CT molecular complexity index is 538. The second-order valence-corrected chi connectivity index (χ2v) is 5.06. The molecule has 3 rings (SSSR count). The van der Waals surface area contributed by atoms with Gasteiger partial charge < -0.3 is 5.73 Å². The molecule has 0 aromatic heterocycles. The molecule has 82 valence electrons. The summed E-state index contributed by atoms with van der Waals surface area (Å²) in [4.78, 5) is 0. The molecule has 0 unspecified atom stereocenters. The lowest BCUT2D eigenvalue weighted by atomic mass is 9.71. The van der Waals surface area contributed by atoms with E-state index in [4.69, 9.17) is 17.3 Å². The van der Waals surface area contributed by atoms with Crippen LogP contribution >= 0.6 is 11.6 Å². The third-order valence-electron chi connectivity index (χ3n) is 3.64. The zero-order valence-electron chi connectivity index (χ0n) is 9.04. The lowest BCUT2D eigenvalue weighted by molar-refractivity contribution is 0.256. The highest BCUT2D eigenvalue weighted by molar-refractivity contribution is 6.35. The van der Waals surface area contributed by atoms with Gasteiger partial charge in [0.05, 0.1) is 0 Å². The highest BCUT2D eigenvalue weighted by Crippen LogP contribution is 2.43. The Balaban J connectivity index is 2.32. The molecule has 2 N–H and O–H groups in total. The number of halogens is 1. The summed E-state index contributed by atoms with van der Waals surface area (Å²) in [6.07, 6.45) is 3.35. The molecule has 16 heavy (non-hydrogen) atoms. The first-order chi connectivity index (χ1) is 7.71. The molecule has 0 saturated heterocycles. The van der Waals surface area contributed by atoms with Gasteiger partial charge in [-0.3, -0.25) is 0 Å². The molecule has 1 fully saturated rings. The van der Waals surface area contributed by atoms with Crippen LogP contribution in [0.1, 0.15) is 24.8 Å². The lowest BCUT2D eigenvalue weighted by Crippen LogP contribution is -2.43. The summed E-state index contributed by atoms with van der Waals surface area (Å²) in [5, 5.41) is 3.13. The van der Waals surface area contributed by atoms with Crippen LogP contribution in [-0.2, 0) is 5.54 Å². The second-order valence-electron chi connectivity index (χ2n) is 4.65. The zero-order valence-corrected chi connectivity index (χ0v) is 9.80. The van der Waals surface area contributed by atoms with E-state index < -0.39 is 0 Å². The van der Waals surface area contributed by atoms with Gasteiger partial charge in [0, 0.05) is 15.9 Å². The molecular weight excluding hydrogens is 218 g/mol. The molecule has 0 spiro atoms. The third kappa shape index (κ3) is 1.35. The van der Waals surface area contributed by atoms with Crippen molar-refractivity contribution in [2.45, 2.75) is 24.8 Å². The lowest BCUT2D eigenvalue weighted by Gasteiger charge is -2.39. The average Bonchev–Trinajstić information content (AvgIpc) is 2.26. The van der Waals surface area contributed by atoms with Crippen LogP contribution in [0.15, 0.2) is 36.4 Å². The van der Waals surface area contributed by atoms with Crippen LogP contribution in [0.5, 0.6) is 0 Å². The Morgan fingerprint density at radius 2 is 1.75 bits per heavy atom. The summed E-state index contributed by atoms with van der Waals surface area (Å²) in [5.74, 6) is 0. The van der Waals surface area contributed by atoms with E-state index >= 15 is 0 Å². The maximum atomic E-state index is 6.40. The molecule has 1 aliphatic carbocycles. The first-order valence-electron chi connectivity index (χ1n) is 5.67. The van der Waals surface area contributed by atoms with Crippen molar-refractivity contribution in [1.29, 1.82) is 0 Å². The molecule has 0 bridgehead atoms. The molecule has 2 heteroatoms. The van der Waals surface area contributed by atoms with Crippen LogP contribution in [0.4, 0.5) is 0 Å². The topological polar surface area (TPSA) is 26.0 Å². The SMILES string of the molecule is NC1(c2cccc3cccc(Cl)c23)CCC1. The van der Waals surface area contributed by atoms with E-state index in [-0.39, 0.29) is 5.54 Å². The van der Waals surface area contributed by atoms with Crippen molar-refractivity contribution in [1.82, 2.24) is 0 Å². The van der Waals surface area contributed by atoms with E-state index in [1.165, 1.54) is 17.4 Å². The van der Waals surface area contributed by atoms with Crippen LogP contribution in [0.3, 0.4) is 0 Å². The van der Waals surface area contributed by atoms with Gasteiger partial charge in [-0.15, -0.1) is 0 Å². The Kier molecular flexibility index (Phi) is 2.20. The van der Waals surface area contributed by atoms with Crippen LogP contribution in [0, 0.1) is 0 Å². The number of hydrogen-bond acceptors (Lipinski definition) is 1. The van der Waals surface area contributed by atoms with Gasteiger partial charge in [0.25, 0.3) is 0 Å². The van der Waals surface area contributed by atoms with Gasteiger partial charge in [0.2, 0.25) is 0 Å². The van der Waals surface area contributed by atoms with Crippen molar-refractivity contribution >= 4 is 22.4 Å². The summed E-state index contributed by atoms with van der Waals surface area (Å²) in [7, 11) is 0. The van der Waals surface area contributed by atoms with Crippen molar-refractivity contribution in [3.63, 3.8) is 0 Å². The predicted octanol–water partition coefficient (Wildman–Crippen LogP) is 3.83. The summed E-state index contributed by atoms with van der Waals surface area (Å²) < 4.78 is 0. The number of benzene rings is 2. The molecule has 1 saturated carbocycles. The van der Waals surface area contributed by atoms with Crippen molar-refractivity contribution in [2.24, 2.45) is 5.73 Å². The maximum absolute atomic E-state index is 6.40. The first kappa shape index (κ1) is 10.1. The van der Waals surface area contributed by atoms with Crippen molar-refractivity contribution in [3.8, 4) is 0 Å². The fourth-order valence-electron chi connectivity index (χ4n) is 2.54. The molecule has 0 heterocycles. The maximum Gasteiger partial charge on any atom is 0.0487 e. The van der Waals surface area contributed by atoms with Crippen LogP contribution in [-0.4, -0.2) is 0 Å². The van der Waals surface area contributed by atoms with Gasteiger partial charge in [0.15, 0.2) is 0 Å². The minimum Gasteiger partial charge on any atom is -0.321 e. The number of rotatable bonds is 1. The summed E-state index contributed by atoms with van der Waals surface area (Å²) >= 11 is 6.29. The molecule has 0 amide bonds. The van der Waals surface area contributed by atoms with Gasteiger partial charge in [-0.2, -0.15) is 0 Å². The summed E-state index contributed by atoms with van der Waals surface area (Å²) in [5.41, 5.74) is 7.46. The van der Waals surface area contributed by atoms with E-state index in [1.54, 1.807) is 0 Å². The van der Waals surface area contributed by atoms with E-state index in [0.717, 1.165) is 23.3 Å². The highest BCUT2D eigenvalue weighted by atomic mass is 35.5. The number of fused-ring (bicyclic) bond motifs is 1. The molecule has 2 aromatic carbocycles. The molecular formula is C14H14ClN. The minimum atomic E-state index is -0.148. The van der Waals surface area contributed by atoms with E-state index in [1.807, 2.05) is 12.1 Å². The Hall–Kier alpha value is -1.05. The van der Waals surface area contributed by atoms with Gasteiger partial charge in [-0.25, -0.2) is 0 Å². The Morgan fingerprint density at radius 1 is 1.06 bits per heavy atom. The molecule has 0 radical (unpaired) electrons. The molecule has 0 atom stereocenters. The standard InChI is InChI=1S/C14H14ClN/c15-12-7-2-5-10-4-1-6-11(13(10)12)14(16)8-3-9-14/h1-2,4-7H,3,8-9,16H2. The van der Waals surface area contributed by atoms with E-state index in [9.17, 15) is 0 Å². The van der Waals surface area contributed by atoms with Crippen molar-refractivity contribution < 1.29 is 0 Å². The first-order valence-corrected chi connectivity index (χ1v) is 6.05. The normalized spacial score (nSPS) is 18.4. The van der Waals surface area contributed by atoms with Crippen LogP contribution in [0.25, 0.3) is 10.8 Å². The van der Waals surface area contributed by atoms with E-state index in [2.05, 4.69) is 24.3 Å². The Labute approximate surface area is 100 Å². The van der Waals surface area contributed by atoms with Crippen molar-refractivity contribution in [3.05, 3.63) is 47.0 Å². The van der Waals surface area contributed by atoms with Gasteiger partial charge >= 0.3 is 0 Å². The number of hydrogen-bond donors (Lipinski definition) is 1. The smallest absolute Gasteiger partial charge is 0.0487 e. The Morgan fingerprint density at radius 3 is 2.38 bits per heavy atom. The zero-order chi connectivity index (χ0) is 11.2. The predicted molar refractivity (Wildman–Crippen MR) is 68.7 cm³/mol. The van der Waals surface area contributed by atoms with Gasteiger partial charge in [-0.1, -0.05) is 41.9 Å². The fourth-order valence-corrected chi connectivity index (χ4v) is 2.82. The number of nitrogens with two attached hydrogens (primary N) is 1. The van der Waals surface area contributed by atoms with Crippen LogP contribution < -0.4 is 5.73 Å². The fraction of sp³-hybridized carbons (Fsp3) is 0.286. The molecule has 0 aliphatic heterocycles. The second kappa shape index (κ2) is 3.47. The molecule has 2 aromatic rings. The minimum absolute atomic E-state index is 0.148. The highest BCUT2D eigenvalue weighted by Gasteiger charge is 2.35. The third-order valence-corrected chi connectivity index (χ3v) is 3.95. The summed E-state index contributed by atoms with van der Waals surface area (Å²) in [6.45, 7) is 0. The monoisotopic (exact) mass is 231 g/mol. The van der Waals surface area contributed by atoms with Gasteiger partial charge in [0.1, 0.15) is 0 Å². The van der Waals surface area contributed by atoms with Crippen LogP contribution in [0.2, 0.25) is 5.02 Å². The molecule has 1 aliphatic rings. The summed E-state index contributed by atoms with van der Waals surface area (Å²) in [6, 6.07) is 12.3. The van der Waals surface area contributed by atoms with Gasteiger partial charge in [-0.05, 0) is 36.3 Å². The quantitative estimate of drug-likeness (QED) is 0.793.